The largest absolute Gasteiger partial charge is 0.421 e. The van der Waals surface area contributed by atoms with Gasteiger partial charge in [0.2, 0.25) is 0 Å². The van der Waals surface area contributed by atoms with Gasteiger partial charge in [0.25, 0.3) is 0 Å². The average Bonchev–Trinajstić information content (AvgIpc) is 2.99. The van der Waals surface area contributed by atoms with Crippen LogP contribution in [0.2, 0.25) is 0 Å². The average molecular weight is 349 g/mol. The summed E-state index contributed by atoms with van der Waals surface area (Å²) in [6, 6.07) is 16.1. The van der Waals surface area contributed by atoms with Crippen molar-refractivity contribution in [2.45, 2.75) is 13.8 Å². The standard InChI is InChI=1S/C21H23N3O2/c1-4-23(5-2)16-11-10-15-12-19(21(25)26-20(15)13-16)24-14-22(3)17-8-6-7-9-18(17)24/h6-13H,4-5,14H2,1-3H3. The second-order valence-corrected chi connectivity index (χ2v) is 6.57. The summed E-state index contributed by atoms with van der Waals surface area (Å²) in [7, 11) is 2.03. The minimum Gasteiger partial charge on any atom is -0.421 e. The van der Waals surface area contributed by atoms with Gasteiger partial charge in [-0.3, -0.25) is 0 Å². The molecule has 2 heterocycles. The van der Waals surface area contributed by atoms with Gasteiger partial charge < -0.3 is 19.1 Å². The van der Waals surface area contributed by atoms with Crippen molar-refractivity contribution in [2.24, 2.45) is 0 Å². The van der Waals surface area contributed by atoms with Crippen LogP contribution in [0.4, 0.5) is 22.7 Å². The molecule has 3 aromatic rings. The number of anilines is 4. The first kappa shape index (κ1) is 16.5. The fourth-order valence-electron chi connectivity index (χ4n) is 3.65. The van der Waals surface area contributed by atoms with Crippen LogP contribution in [0.5, 0.6) is 0 Å². The van der Waals surface area contributed by atoms with Crippen molar-refractivity contribution in [3.63, 3.8) is 0 Å². The van der Waals surface area contributed by atoms with Crippen molar-refractivity contribution in [1.82, 2.24) is 0 Å². The molecule has 0 spiro atoms. The third-order valence-corrected chi connectivity index (χ3v) is 5.06. The lowest BCUT2D eigenvalue weighted by Gasteiger charge is -2.21. The van der Waals surface area contributed by atoms with Crippen molar-refractivity contribution in [2.75, 3.05) is 41.5 Å². The van der Waals surface area contributed by atoms with Crippen LogP contribution in [-0.4, -0.2) is 26.8 Å². The van der Waals surface area contributed by atoms with E-state index < -0.39 is 0 Å². The van der Waals surface area contributed by atoms with Crippen LogP contribution in [0, 0.1) is 0 Å². The van der Waals surface area contributed by atoms with E-state index in [1.54, 1.807) is 0 Å². The molecule has 1 aliphatic heterocycles. The highest BCUT2D eigenvalue weighted by Gasteiger charge is 2.26. The summed E-state index contributed by atoms with van der Waals surface area (Å²) in [6.07, 6.45) is 0. The van der Waals surface area contributed by atoms with E-state index in [0.29, 0.717) is 17.9 Å². The zero-order valence-electron chi connectivity index (χ0n) is 15.4. The highest BCUT2D eigenvalue weighted by atomic mass is 16.4. The molecule has 4 rings (SSSR count). The quantitative estimate of drug-likeness (QED) is 0.661. The molecular formula is C21H23N3O2. The molecule has 0 bridgehead atoms. The Morgan fingerprint density at radius 3 is 2.46 bits per heavy atom. The van der Waals surface area contributed by atoms with Crippen LogP contribution in [0.1, 0.15) is 13.8 Å². The Morgan fingerprint density at radius 1 is 1.00 bits per heavy atom. The zero-order chi connectivity index (χ0) is 18.3. The molecule has 0 aliphatic carbocycles. The maximum atomic E-state index is 12.7. The Labute approximate surface area is 153 Å². The van der Waals surface area contributed by atoms with Crippen molar-refractivity contribution in [3.8, 4) is 0 Å². The van der Waals surface area contributed by atoms with Gasteiger partial charge in [0.05, 0.1) is 18.0 Å². The first-order valence-corrected chi connectivity index (χ1v) is 9.03. The maximum absolute atomic E-state index is 12.7. The van der Waals surface area contributed by atoms with Gasteiger partial charge in [-0.2, -0.15) is 0 Å². The molecule has 0 N–H and O–H groups in total. The Balaban J connectivity index is 1.80. The van der Waals surface area contributed by atoms with Crippen molar-refractivity contribution < 1.29 is 4.42 Å². The molecule has 0 amide bonds. The molecule has 2 aromatic carbocycles. The van der Waals surface area contributed by atoms with Gasteiger partial charge in [-0.15, -0.1) is 0 Å². The van der Waals surface area contributed by atoms with E-state index in [-0.39, 0.29) is 5.63 Å². The fraction of sp³-hybridized carbons (Fsp3) is 0.286. The lowest BCUT2D eigenvalue weighted by Crippen LogP contribution is -2.27. The van der Waals surface area contributed by atoms with Gasteiger partial charge in [-0.1, -0.05) is 12.1 Å². The van der Waals surface area contributed by atoms with Crippen molar-refractivity contribution in [3.05, 3.63) is 59.0 Å². The lowest BCUT2D eigenvalue weighted by molar-refractivity contribution is 0.560. The summed E-state index contributed by atoms with van der Waals surface area (Å²) in [6.45, 7) is 6.71. The molecule has 5 nitrogen and oxygen atoms in total. The second kappa shape index (κ2) is 6.41. The lowest BCUT2D eigenvalue weighted by atomic mass is 10.2. The smallest absolute Gasteiger partial charge is 0.360 e. The van der Waals surface area contributed by atoms with E-state index in [4.69, 9.17) is 4.42 Å². The van der Waals surface area contributed by atoms with E-state index >= 15 is 0 Å². The summed E-state index contributed by atoms with van der Waals surface area (Å²) in [5, 5.41) is 0.933. The predicted octanol–water partition coefficient (Wildman–Crippen LogP) is 4.18. The van der Waals surface area contributed by atoms with Crippen LogP contribution < -0.4 is 20.3 Å². The Morgan fingerprint density at radius 2 is 1.73 bits per heavy atom. The van der Waals surface area contributed by atoms with Gasteiger partial charge in [-0.05, 0) is 44.2 Å². The minimum atomic E-state index is -0.306. The summed E-state index contributed by atoms with van der Waals surface area (Å²) < 4.78 is 5.69. The molecule has 134 valence electrons. The zero-order valence-corrected chi connectivity index (χ0v) is 15.4. The van der Waals surface area contributed by atoms with Crippen molar-refractivity contribution in [1.29, 1.82) is 0 Å². The monoisotopic (exact) mass is 349 g/mol. The number of benzene rings is 2. The van der Waals surface area contributed by atoms with Gasteiger partial charge in [0.15, 0.2) is 0 Å². The first-order chi connectivity index (χ1) is 12.6. The third kappa shape index (κ3) is 2.60. The molecule has 0 radical (unpaired) electrons. The number of rotatable bonds is 4. The van der Waals surface area contributed by atoms with Gasteiger partial charge in [0.1, 0.15) is 11.3 Å². The molecule has 0 atom stereocenters. The van der Waals surface area contributed by atoms with Gasteiger partial charge in [-0.25, -0.2) is 4.79 Å². The first-order valence-electron chi connectivity index (χ1n) is 9.03. The number of fused-ring (bicyclic) bond motifs is 2. The van der Waals surface area contributed by atoms with Crippen LogP contribution in [0.3, 0.4) is 0 Å². The molecule has 26 heavy (non-hydrogen) atoms. The van der Waals surface area contributed by atoms with E-state index in [1.807, 2.05) is 48.3 Å². The van der Waals surface area contributed by atoms with Gasteiger partial charge >= 0.3 is 5.63 Å². The SMILES string of the molecule is CCN(CC)c1ccc2cc(N3CN(C)c4ccccc43)c(=O)oc2c1. The molecule has 0 fully saturated rings. The Bertz CT molecular complexity index is 1010. The Hall–Kier alpha value is -2.95. The molecule has 0 saturated heterocycles. The van der Waals surface area contributed by atoms with Crippen LogP contribution in [0.15, 0.2) is 57.7 Å². The van der Waals surface area contributed by atoms with Crippen LogP contribution in [-0.2, 0) is 0 Å². The van der Waals surface area contributed by atoms with E-state index in [0.717, 1.165) is 35.5 Å². The number of hydrogen-bond acceptors (Lipinski definition) is 5. The van der Waals surface area contributed by atoms with Crippen LogP contribution in [0.25, 0.3) is 11.0 Å². The predicted molar refractivity (Wildman–Crippen MR) is 108 cm³/mol. The second-order valence-electron chi connectivity index (χ2n) is 6.57. The molecule has 5 heteroatoms. The van der Waals surface area contributed by atoms with Gasteiger partial charge in [0, 0.05) is 37.3 Å². The number of hydrogen-bond donors (Lipinski definition) is 0. The van der Waals surface area contributed by atoms with Crippen LogP contribution >= 0.6 is 0 Å². The van der Waals surface area contributed by atoms with E-state index in [2.05, 4.69) is 35.8 Å². The topological polar surface area (TPSA) is 39.9 Å². The van der Waals surface area contributed by atoms with Crippen molar-refractivity contribution >= 4 is 33.7 Å². The third-order valence-electron chi connectivity index (χ3n) is 5.06. The van der Waals surface area contributed by atoms with E-state index in [9.17, 15) is 4.79 Å². The molecular weight excluding hydrogens is 326 g/mol. The summed E-state index contributed by atoms with van der Waals surface area (Å²) in [5.41, 5.74) is 4.11. The summed E-state index contributed by atoms with van der Waals surface area (Å²) in [5.74, 6) is 0. The summed E-state index contributed by atoms with van der Waals surface area (Å²) >= 11 is 0. The normalized spacial score (nSPS) is 13.3. The maximum Gasteiger partial charge on any atom is 0.360 e. The molecule has 0 saturated carbocycles. The molecule has 1 aliphatic rings. The number of para-hydroxylation sites is 2. The fourth-order valence-corrected chi connectivity index (χ4v) is 3.65. The summed E-state index contributed by atoms with van der Waals surface area (Å²) in [4.78, 5) is 19.1. The molecule has 1 aromatic heterocycles. The molecule has 0 unspecified atom stereocenters. The Kier molecular flexibility index (Phi) is 4.07. The van der Waals surface area contributed by atoms with E-state index in [1.165, 1.54) is 0 Å². The minimum absolute atomic E-state index is 0.306. The number of nitrogens with zero attached hydrogens (tertiary/aromatic N) is 3. The highest BCUT2D eigenvalue weighted by molar-refractivity contribution is 5.87. The highest BCUT2D eigenvalue weighted by Crippen LogP contribution is 2.39.